The van der Waals surface area contributed by atoms with Crippen LogP contribution in [0.2, 0.25) is 0 Å². The molecule has 36 heavy (non-hydrogen) atoms. The van der Waals surface area contributed by atoms with Crippen LogP contribution < -0.4 is 10.6 Å². The Morgan fingerprint density at radius 1 is 0.917 bits per heavy atom. The zero-order valence-electron chi connectivity index (χ0n) is 20.3. The molecule has 0 saturated carbocycles. The lowest BCUT2D eigenvalue weighted by Gasteiger charge is -2.04. The molecule has 1 aromatic heterocycles. The first-order valence-electron chi connectivity index (χ1n) is 11.4. The van der Waals surface area contributed by atoms with Crippen molar-refractivity contribution in [3.8, 4) is 11.4 Å². The van der Waals surface area contributed by atoms with E-state index in [1.165, 1.54) is 11.9 Å². The number of carbonyl (C=O) groups excluding carboxylic acids is 2. The normalized spacial score (nSPS) is 16.6. The monoisotopic (exact) mass is 500 g/mol. The van der Waals surface area contributed by atoms with Gasteiger partial charge < -0.3 is 30.7 Å². The highest BCUT2D eigenvalue weighted by atomic mass is 16.5. The minimum absolute atomic E-state index is 0.00606. The largest absolute Gasteiger partial charge is 0.449 e. The molecular formula is C24H32N6O6. The molecular weight excluding hydrogens is 468 g/mol. The number of nitrogens with zero attached hydrogens (tertiary/aromatic N) is 4. The van der Waals surface area contributed by atoms with Crippen molar-refractivity contribution in [2.45, 2.75) is 20.5 Å². The minimum atomic E-state index is -0.461. The van der Waals surface area contributed by atoms with Crippen LogP contribution in [0.15, 0.2) is 53.9 Å². The number of carbonyl (C=O) groups is 2. The lowest BCUT2D eigenvalue weighted by molar-refractivity contribution is -0.121. The maximum absolute atomic E-state index is 10.9. The number of amides is 2. The number of nitrogens with one attached hydrogen (secondary N) is 2. The molecule has 5 N–H and O–H groups in total. The van der Waals surface area contributed by atoms with Crippen LogP contribution in [0.3, 0.4) is 0 Å². The number of hydrogen-bond donors (Lipinski definition) is 5. The summed E-state index contributed by atoms with van der Waals surface area (Å²) < 4.78 is 4.83. The van der Waals surface area contributed by atoms with Gasteiger partial charge in [-0.2, -0.15) is 0 Å². The predicted octanol–water partition coefficient (Wildman–Crippen LogP) is 0.378. The Kier molecular flexibility index (Phi) is 12.1. The fourth-order valence-corrected chi connectivity index (χ4v) is 2.69. The number of aromatic nitrogens is 4. The number of rotatable bonds is 9. The highest BCUT2D eigenvalue weighted by Gasteiger charge is 2.27. The Morgan fingerprint density at radius 3 is 2.00 bits per heavy atom. The summed E-state index contributed by atoms with van der Waals surface area (Å²) in [6.45, 7) is 4.93. The number of aliphatic hydroxyl groups is 3. The van der Waals surface area contributed by atoms with E-state index in [1.807, 2.05) is 50.3 Å². The van der Waals surface area contributed by atoms with E-state index in [1.54, 1.807) is 0 Å². The van der Waals surface area contributed by atoms with Crippen LogP contribution in [0.1, 0.15) is 19.4 Å². The van der Waals surface area contributed by atoms with Gasteiger partial charge in [0.15, 0.2) is 6.33 Å². The Bertz CT molecular complexity index is 1030. The van der Waals surface area contributed by atoms with Crippen LogP contribution in [0, 0.1) is 11.8 Å². The van der Waals surface area contributed by atoms with E-state index >= 15 is 0 Å². The van der Waals surface area contributed by atoms with Gasteiger partial charge in [0.1, 0.15) is 6.61 Å². The molecule has 2 atom stereocenters. The maximum atomic E-state index is 10.9. The SMILES string of the molecule is CC1=CC1C(=O)NCCO.CC1=CC1COC(=O)NCCO.OCc1ccc(-c2nncnn2)cc1. The molecule has 2 unspecified atom stereocenters. The summed E-state index contributed by atoms with van der Waals surface area (Å²) in [5, 5.41) is 45.4. The van der Waals surface area contributed by atoms with Gasteiger partial charge in [0, 0.05) is 24.6 Å². The van der Waals surface area contributed by atoms with Crippen molar-refractivity contribution < 1.29 is 29.6 Å². The first-order chi connectivity index (χ1) is 17.4. The Labute approximate surface area is 209 Å². The van der Waals surface area contributed by atoms with Crippen LogP contribution in [-0.2, 0) is 16.1 Å². The second-order valence-corrected chi connectivity index (χ2v) is 7.89. The van der Waals surface area contributed by atoms with Gasteiger partial charge in [0.2, 0.25) is 11.7 Å². The molecule has 1 aromatic carbocycles. The Balaban J connectivity index is 0.000000193. The van der Waals surface area contributed by atoms with Crippen molar-refractivity contribution >= 4 is 12.0 Å². The zero-order chi connectivity index (χ0) is 26.3. The summed E-state index contributed by atoms with van der Waals surface area (Å²) in [6.07, 6.45) is 4.76. The summed E-state index contributed by atoms with van der Waals surface area (Å²) in [6, 6.07) is 7.27. The number of alkyl carbamates (subject to hydrolysis) is 1. The Hall–Kier alpha value is -3.74. The molecule has 0 aliphatic heterocycles. The van der Waals surface area contributed by atoms with Crippen LogP contribution in [0.4, 0.5) is 4.79 Å². The van der Waals surface area contributed by atoms with E-state index in [0.29, 0.717) is 24.9 Å². The van der Waals surface area contributed by atoms with E-state index in [9.17, 15) is 9.59 Å². The molecule has 0 saturated heterocycles. The van der Waals surface area contributed by atoms with Crippen molar-refractivity contribution in [2.24, 2.45) is 11.8 Å². The minimum Gasteiger partial charge on any atom is -0.449 e. The lowest BCUT2D eigenvalue weighted by atomic mass is 10.1. The number of hydrogen-bond acceptors (Lipinski definition) is 10. The molecule has 2 aliphatic carbocycles. The fraction of sp³-hybridized carbons (Fsp3) is 0.417. The summed E-state index contributed by atoms with van der Waals surface area (Å²) in [5.74, 6) is 0.861. The second kappa shape index (κ2) is 15.3. The summed E-state index contributed by atoms with van der Waals surface area (Å²) >= 11 is 0. The third-order valence-corrected chi connectivity index (χ3v) is 5.02. The molecule has 194 valence electrons. The van der Waals surface area contributed by atoms with Crippen molar-refractivity contribution in [3.63, 3.8) is 0 Å². The highest BCUT2D eigenvalue weighted by Crippen LogP contribution is 2.28. The molecule has 0 bridgehead atoms. The number of benzene rings is 1. The topological polar surface area (TPSA) is 180 Å². The molecule has 0 spiro atoms. The third kappa shape index (κ3) is 10.7. The third-order valence-electron chi connectivity index (χ3n) is 5.02. The summed E-state index contributed by atoms with van der Waals surface area (Å²) in [4.78, 5) is 21.7. The van der Waals surface area contributed by atoms with E-state index in [-0.39, 0.29) is 38.2 Å². The molecule has 0 radical (unpaired) electrons. The van der Waals surface area contributed by atoms with E-state index in [4.69, 9.17) is 20.1 Å². The van der Waals surface area contributed by atoms with Gasteiger partial charge in [-0.3, -0.25) is 4.79 Å². The second-order valence-electron chi connectivity index (χ2n) is 7.89. The molecule has 1 heterocycles. The Morgan fingerprint density at radius 2 is 1.50 bits per heavy atom. The van der Waals surface area contributed by atoms with Crippen LogP contribution in [-0.4, -0.2) is 80.6 Å². The average molecular weight is 501 g/mol. The summed E-state index contributed by atoms with van der Waals surface area (Å²) in [7, 11) is 0. The molecule has 2 aromatic rings. The van der Waals surface area contributed by atoms with Crippen LogP contribution >= 0.6 is 0 Å². The molecule has 12 heteroatoms. The van der Waals surface area contributed by atoms with E-state index in [2.05, 4.69) is 31.0 Å². The maximum Gasteiger partial charge on any atom is 0.407 e. The van der Waals surface area contributed by atoms with Gasteiger partial charge in [0.05, 0.1) is 25.7 Å². The number of aliphatic hydroxyl groups excluding tert-OH is 3. The van der Waals surface area contributed by atoms with Crippen molar-refractivity contribution in [3.05, 3.63) is 59.5 Å². The van der Waals surface area contributed by atoms with Crippen molar-refractivity contribution in [2.75, 3.05) is 32.9 Å². The van der Waals surface area contributed by atoms with E-state index < -0.39 is 6.09 Å². The fourth-order valence-electron chi connectivity index (χ4n) is 2.69. The van der Waals surface area contributed by atoms with Crippen molar-refractivity contribution in [1.29, 1.82) is 0 Å². The van der Waals surface area contributed by atoms with Crippen LogP contribution in [0.25, 0.3) is 11.4 Å². The standard InChI is InChI=1S/C9H8N4O.C8H13NO3.C7H11NO2/c14-5-7-1-3-8(4-2-7)9-12-10-6-11-13-9;1-6-4-7(6)5-12-8(11)9-2-3-10;1-5-4-6(5)7(10)8-2-3-9/h1-4,6,14H,5H2;4,7,10H,2-3,5H2,1H3,(H,9,11);4,6,9H,2-3H2,1H3,(H,8,10). The molecule has 2 amide bonds. The molecule has 12 nitrogen and oxygen atoms in total. The van der Waals surface area contributed by atoms with Gasteiger partial charge in [0.25, 0.3) is 0 Å². The van der Waals surface area contributed by atoms with Gasteiger partial charge in [-0.15, -0.1) is 20.4 Å². The van der Waals surface area contributed by atoms with Gasteiger partial charge in [-0.25, -0.2) is 4.79 Å². The lowest BCUT2D eigenvalue weighted by Crippen LogP contribution is -2.28. The average Bonchev–Trinajstić information content (AvgIpc) is 3.83. The van der Waals surface area contributed by atoms with Gasteiger partial charge in [-0.05, 0) is 19.4 Å². The molecule has 2 aliphatic rings. The van der Waals surface area contributed by atoms with Gasteiger partial charge >= 0.3 is 6.09 Å². The quantitative estimate of drug-likeness (QED) is 0.302. The van der Waals surface area contributed by atoms with Gasteiger partial charge in [-0.1, -0.05) is 47.6 Å². The number of ether oxygens (including phenoxy) is 1. The smallest absolute Gasteiger partial charge is 0.407 e. The molecule has 4 rings (SSSR count). The summed E-state index contributed by atoms with van der Waals surface area (Å²) in [5.41, 5.74) is 4.08. The molecule has 0 fully saturated rings. The highest BCUT2D eigenvalue weighted by molar-refractivity contribution is 5.87. The predicted molar refractivity (Wildman–Crippen MR) is 130 cm³/mol. The van der Waals surface area contributed by atoms with Crippen LogP contribution in [0.5, 0.6) is 0 Å². The zero-order valence-corrected chi connectivity index (χ0v) is 20.3. The van der Waals surface area contributed by atoms with E-state index in [0.717, 1.165) is 16.7 Å². The van der Waals surface area contributed by atoms with Crippen molar-refractivity contribution in [1.82, 2.24) is 31.0 Å². The first-order valence-corrected chi connectivity index (χ1v) is 11.4. The first kappa shape index (κ1) is 28.5.